The van der Waals surface area contributed by atoms with Crippen LogP contribution >= 0.6 is 11.6 Å². The third-order valence-electron chi connectivity index (χ3n) is 3.42. The number of terminal acetylenes is 1. The van der Waals surface area contributed by atoms with E-state index in [-0.39, 0.29) is 24.6 Å². The van der Waals surface area contributed by atoms with E-state index in [2.05, 4.69) is 16.6 Å². The quantitative estimate of drug-likeness (QED) is 0.521. The third kappa shape index (κ3) is 5.99. The monoisotopic (exact) mass is 390 g/mol. The van der Waals surface area contributed by atoms with Crippen molar-refractivity contribution in [2.24, 2.45) is 0 Å². The number of nitrogens with one attached hydrogen (secondary N) is 2. The molecule has 27 heavy (non-hydrogen) atoms. The second-order valence-corrected chi connectivity index (χ2v) is 5.80. The predicted molar refractivity (Wildman–Crippen MR) is 98.8 cm³/mol. The van der Waals surface area contributed by atoms with Crippen LogP contribution in [0.4, 0.5) is 10.1 Å². The molecule has 0 aliphatic heterocycles. The zero-order valence-corrected chi connectivity index (χ0v) is 14.8. The number of carbonyl (C=O) groups is 2. The molecule has 8 heteroatoms. The van der Waals surface area contributed by atoms with Crippen molar-refractivity contribution in [3.8, 4) is 18.1 Å². The summed E-state index contributed by atoms with van der Waals surface area (Å²) < 4.78 is 18.6. The van der Waals surface area contributed by atoms with Gasteiger partial charge >= 0.3 is 11.8 Å². The second kappa shape index (κ2) is 9.57. The van der Waals surface area contributed by atoms with E-state index in [4.69, 9.17) is 22.8 Å². The average molecular weight is 391 g/mol. The Labute approximate surface area is 160 Å². The molecule has 0 heterocycles. The summed E-state index contributed by atoms with van der Waals surface area (Å²) in [6, 6.07) is 9.79. The number of hydrogen-bond donors (Lipinski definition) is 3. The number of aliphatic hydroxyl groups is 1. The maximum atomic E-state index is 13.4. The van der Waals surface area contributed by atoms with Gasteiger partial charge in [0.25, 0.3) is 0 Å². The molecular formula is C19H16ClFN2O4. The molecule has 0 saturated carbocycles. The van der Waals surface area contributed by atoms with Crippen molar-refractivity contribution in [2.45, 2.75) is 6.10 Å². The number of benzene rings is 2. The van der Waals surface area contributed by atoms with Gasteiger partial charge in [0.2, 0.25) is 0 Å². The van der Waals surface area contributed by atoms with E-state index >= 15 is 0 Å². The van der Waals surface area contributed by atoms with Gasteiger partial charge in [0.15, 0.2) is 0 Å². The summed E-state index contributed by atoms with van der Waals surface area (Å²) in [5.74, 6) is -0.315. The molecule has 0 spiro atoms. The lowest BCUT2D eigenvalue weighted by Crippen LogP contribution is -2.37. The Morgan fingerprint density at radius 1 is 1.22 bits per heavy atom. The molecule has 0 aliphatic rings. The van der Waals surface area contributed by atoms with Crippen LogP contribution in [0.15, 0.2) is 42.5 Å². The summed E-state index contributed by atoms with van der Waals surface area (Å²) in [4.78, 5) is 23.9. The van der Waals surface area contributed by atoms with Crippen LogP contribution in [-0.2, 0) is 9.59 Å². The van der Waals surface area contributed by atoms with Crippen molar-refractivity contribution in [3.63, 3.8) is 0 Å². The fourth-order valence-electron chi connectivity index (χ4n) is 2.10. The number of ether oxygens (including phenoxy) is 1. The first-order valence-corrected chi connectivity index (χ1v) is 8.17. The zero-order chi connectivity index (χ0) is 19.8. The average Bonchev–Trinajstić information content (AvgIpc) is 2.65. The highest BCUT2D eigenvalue weighted by Crippen LogP contribution is 2.25. The number of halogens is 2. The van der Waals surface area contributed by atoms with Gasteiger partial charge in [-0.3, -0.25) is 9.59 Å². The topological polar surface area (TPSA) is 87.7 Å². The highest BCUT2D eigenvalue weighted by molar-refractivity contribution is 6.39. The molecule has 0 fully saturated rings. The fraction of sp³-hybridized carbons (Fsp3) is 0.158. The minimum atomic E-state index is -1.05. The maximum Gasteiger partial charge on any atom is 0.313 e. The molecule has 140 valence electrons. The molecule has 2 aromatic rings. The Bertz CT molecular complexity index is 865. The molecule has 0 radical (unpaired) electrons. The molecule has 6 nitrogen and oxygen atoms in total. The Morgan fingerprint density at radius 3 is 2.59 bits per heavy atom. The van der Waals surface area contributed by atoms with Crippen molar-refractivity contribution < 1.29 is 23.8 Å². The van der Waals surface area contributed by atoms with Crippen molar-refractivity contribution in [2.75, 3.05) is 18.5 Å². The summed E-state index contributed by atoms with van der Waals surface area (Å²) in [6.45, 7) is -0.286. The fourth-order valence-corrected chi connectivity index (χ4v) is 2.22. The SMILES string of the molecule is C#CCOc1ccc(F)cc1NC(=O)C(=O)NCC(O)c1ccc(Cl)cc1. The van der Waals surface area contributed by atoms with Crippen LogP contribution in [0.2, 0.25) is 5.02 Å². The molecule has 0 aliphatic carbocycles. The smallest absolute Gasteiger partial charge is 0.313 e. The molecule has 0 aromatic heterocycles. The van der Waals surface area contributed by atoms with E-state index < -0.39 is 23.7 Å². The summed E-state index contributed by atoms with van der Waals surface area (Å²) in [6.07, 6.45) is 4.07. The van der Waals surface area contributed by atoms with E-state index in [9.17, 15) is 19.1 Å². The van der Waals surface area contributed by atoms with E-state index in [1.165, 1.54) is 6.07 Å². The van der Waals surface area contributed by atoms with Gasteiger partial charge in [-0.25, -0.2) is 4.39 Å². The lowest BCUT2D eigenvalue weighted by molar-refractivity contribution is -0.136. The molecule has 0 bridgehead atoms. The van der Waals surface area contributed by atoms with Crippen LogP contribution in [0.3, 0.4) is 0 Å². The summed E-state index contributed by atoms with van der Waals surface area (Å²) >= 11 is 5.77. The van der Waals surface area contributed by atoms with Crippen molar-refractivity contribution >= 4 is 29.1 Å². The van der Waals surface area contributed by atoms with Gasteiger partial charge in [-0.05, 0) is 29.8 Å². The molecule has 3 N–H and O–H groups in total. The van der Waals surface area contributed by atoms with Gasteiger partial charge in [0.1, 0.15) is 18.2 Å². The third-order valence-corrected chi connectivity index (χ3v) is 3.67. The second-order valence-electron chi connectivity index (χ2n) is 5.36. The number of anilines is 1. The number of aliphatic hydroxyl groups excluding tert-OH is 1. The van der Waals surface area contributed by atoms with Crippen molar-refractivity contribution in [3.05, 3.63) is 58.9 Å². The molecule has 2 rings (SSSR count). The largest absolute Gasteiger partial charge is 0.479 e. The molecule has 1 unspecified atom stereocenters. The molecular weight excluding hydrogens is 375 g/mol. The van der Waals surface area contributed by atoms with Gasteiger partial charge in [0.05, 0.1) is 11.8 Å². The first kappa shape index (κ1) is 20.2. The zero-order valence-electron chi connectivity index (χ0n) is 14.0. The van der Waals surface area contributed by atoms with E-state index in [0.29, 0.717) is 10.6 Å². The number of carbonyl (C=O) groups excluding carboxylic acids is 2. The van der Waals surface area contributed by atoms with Gasteiger partial charge in [-0.1, -0.05) is 29.7 Å². The number of hydrogen-bond acceptors (Lipinski definition) is 4. The minimum Gasteiger partial charge on any atom is -0.479 e. The Balaban J connectivity index is 1.95. The summed E-state index contributed by atoms with van der Waals surface area (Å²) in [7, 11) is 0. The number of amides is 2. The Kier molecular flexibility index (Phi) is 7.17. The van der Waals surface area contributed by atoms with Gasteiger partial charge in [-0.15, -0.1) is 6.42 Å². The van der Waals surface area contributed by atoms with Crippen LogP contribution in [0, 0.1) is 18.2 Å². The molecule has 2 amide bonds. The van der Waals surface area contributed by atoms with Crippen LogP contribution in [0.25, 0.3) is 0 Å². The van der Waals surface area contributed by atoms with Crippen LogP contribution in [0.1, 0.15) is 11.7 Å². The lowest BCUT2D eigenvalue weighted by atomic mass is 10.1. The number of rotatable bonds is 6. The van der Waals surface area contributed by atoms with Gasteiger partial charge in [-0.2, -0.15) is 0 Å². The highest BCUT2D eigenvalue weighted by atomic mass is 35.5. The highest BCUT2D eigenvalue weighted by Gasteiger charge is 2.18. The maximum absolute atomic E-state index is 13.4. The predicted octanol–water partition coefficient (Wildman–Crippen LogP) is 2.28. The van der Waals surface area contributed by atoms with E-state index in [1.54, 1.807) is 24.3 Å². The van der Waals surface area contributed by atoms with E-state index in [1.807, 2.05) is 0 Å². The Hall–Kier alpha value is -3.08. The van der Waals surface area contributed by atoms with Gasteiger partial charge in [0, 0.05) is 17.6 Å². The van der Waals surface area contributed by atoms with Crippen molar-refractivity contribution in [1.82, 2.24) is 5.32 Å². The molecule has 0 saturated heterocycles. The van der Waals surface area contributed by atoms with Crippen LogP contribution in [-0.4, -0.2) is 30.1 Å². The van der Waals surface area contributed by atoms with Crippen LogP contribution in [0.5, 0.6) is 5.75 Å². The normalized spacial score (nSPS) is 11.2. The Morgan fingerprint density at radius 2 is 1.93 bits per heavy atom. The summed E-state index contributed by atoms with van der Waals surface area (Å²) in [5.41, 5.74) is 0.485. The standard InChI is InChI=1S/C19H16ClFN2O4/c1-2-9-27-17-8-7-14(21)10-15(17)23-19(26)18(25)22-11-16(24)12-3-5-13(20)6-4-12/h1,3-8,10,16,24H,9,11H2,(H,22,25)(H,23,26). The van der Waals surface area contributed by atoms with Crippen LogP contribution < -0.4 is 15.4 Å². The minimum absolute atomic E-state index is 0.0383. The molecule has 2 aromatic carbocycles. The lowest BCUT2D eigenvalue weighted by Gasteiger charge is -2.13. The first-order valence-electron chi connectivity index (χ1n) is 7.79. The first-order chi connectivity index (χ1) is 12.9. The van der Waals surface area contributed by atoms with Gasteiger partial charge < -0.3 is 20.5 Å². The summed E-state index contributed by atoms with van der Waals surface area (Å²) in [5, 5.41) is 15.1. The molecule has 1 atom stereocenters. The van der Waals surface area contributed by atoms with Crippen molar-refractivity contribution in [1.29, 1.82) is 0 Å². The van der Waals surface area contributed by atoms with E-state index in [0.717, 1.165) is 12.1 Å².